The second-order valence-electron chi connectivity index (χ2n) is 10.3. The largest absolute Gasteiger partial charge is 0.506 e. The first-order chi connectivity index (χ1) is 18.3. The van der Waals surface area contributed by atoms with Crippen LogP contribution in [0.5, 0.6) is 17.2 Å². The number of methoxy groups -OCH3 is 3. The molecule has 0 radical (unpaired) electrons. The first-order valence-electron chi connectivity index (χ1n) is 12.6. The molecular weight excluding hydrogens is 500 g/mol. The molecule has 3 fully saturated rings. The monoisotopic (exact) mass is 528 g/mol. The Bertz CT molecular complexity index is 1390. The molecule has 11 nitrogen and oxygen atoms in total. The number of aldehydes is 1. The van der Waals surface area contributed by atoms with Crippen molar-refractivity contribution in [3.8, 4) is 17.2 Å². The summed E-state index contributed by atoms with van der Waals surface area (Å²) >= 11 is 0. The van der Waals surface area contributed by atoms with Gasteiger partial charge in [0, 0.05) is 37.2 Å². The van der Waals surface area contributed by atoms with Gasteiger partial charge in [0.25, 0.3) is 11.6 Å². The molecule has 11 heteroatoms. The molecule has 4 aliphatic heterocycles. The smallest absolute Gasteiger partial charge is 0.277 e. The lowest BCUT2D eigenvalue weighted by atomic mass is 9.78. The number of carbonyl (C=O) groups excluding carboxylic acids is 2. The second kappa shape index (κ2) is 7.87. The number of hydrogen-bond acceptors (Lipinski definition) is 11. The maximum absolute atomic E-state index is 13.0. The molecule has 2 aromatic carbocycles. The minimum Gasteiger partial charge on any atom is -0.506 e. The zero-order valence-corrected chi connectivity index (χ0v) is 21.5. The summed E-state index contributed by atoms with van der Waals surface area (Å²) in [7, 11) is 4.47. The number of aromatic hydroxyl groups is 1. The van der Waals surface area contributed by atoms with Crippen LogP contribution in [0.2, 0.25) is 0 Å². The third-order valence-electron chi connectivity index (χ3n) is 8.59. The van der Waals surface area contributed by atoms with E-state index in [-0.39, 0.29) is 36.1 Å². The summed E-state index contributed by atoms with van der Waals surface area (Å²) in [6.07, 6.45) is -0.359. The molecule has 7 rings (SSSR count). The minimum atomic E-state index is -1.63. The number of ketones is 1. The number of fused-ring (bicyclic) bond motifs is 8. The summed E-state index contributed by atoms with van der Waals surface area (Å²) in [6.45, 7) is 1.72. The fourth-order valence-corrected chi connectivity index (χ4v) is 7.08. The number of phenolic OH excluding ortho intramolecular Hbond substituents is 1. The molecule has 38 heavy (non-hydrogen) atoms. The van der Waals surface area contributed by atoms with Crippen molar-refractivity contribution in [2.45, 2.75) is 61.9 Å². The second-order valence-corrected chi connectivity index (χ2v) is 10.3. The van der Waals surface area contributed by atoms with E-state index < -0.39 is 35.7 Å². The maximum Gasteiger partial charge on any atom is 0.277 e. The van der Waals surface area contributed by atoms with Crippen molar-refractivity contribution < 1.29 is 52.6 Å². The van der Waals surface area contributed by atoms with Crippen molar-refractivity contribution in [1.29, 1.82) is 0 Å². The Morgan fingerprint density at radius 1 is 1.21 bits per heavy atom. The van der Waals surface area contributed by atoms with E-state index in [1.54, 1.807) is 7.11 Å². The number of Topliss-reactive ketones (excluding diaryl/α,β-unsaturated/α-hetero) is 1. The summed E-state index contributed by atoms with van der Waals surface area (Å²) in [6, 6.07) is 1.89. The Labute approximate surface area is 217 Å². The molecule has 1 N–H and O–H groups in total. The van der Waals surface area contributed by atoms with Crippen molar-refractivity contribution in [3.63, 3.8) is 0 Å². The van der Waals surface area contributed by atoms with E-state index in [4.69, 9.17) is 37.9 Å². The molecule has 0 saturated carbocycles. The van der Waals surface area contributed by atoms with Gasteiger partial charge in [0.2, 0.25) is 11.9 Å². The molecule has 5 unspecified atom stereocenters. The van der Waals surface area contributed by atoms with Crippen LogP contribution in [0.15, 0.2) is 6.07 Å². The maximum atomic E-state index is 13.0. The molecule has 0 amide bonds. The standard InChI is InChI=1S/C27H28O11/c1-12-10-14-18(19(30)17-13(20(14)31-2)6-5-7-15(17)29)21-16(12)22-23-26(36-21,34-9-8-28)25(11-35-25)27(37-22,38-23)24(32-3)33-4/h8,10,22-24,30H,5-7,9,11H2,1-4H3. The van der Waals surface area contributed by atoms with E-state index >= 15 is 0 Å². The van der Waals surface area contributed by atoms with Gasteiger partial charge in [-0.15, -0.1) is 0 Å². The Hall–Kier alpha value is -2.80. The Morgan fingerprint density at radius 3 is 2.63 bits per heavy atom. The van der Waals surface area contributed by atoms with Crippen LogP contribution in [0.25, 0.3) is 10.8 Å². The molecule has 0 aromatic heterocycles. The van der Waals surface area contributed by atoms with Crippen molar-refractivity contribution in [2.24, 2.45) is 0 Å². The van der Waals surface area contributed by atoms with E-state index in [0.717, 1.165) is 5.56 Å². The topological polar surface area (TPSA) is 132 Å². The SMILES string of the molecule is COc1c2c(c(O)c3c4c(c(C)cc13)C1OC3(C(OC)OC)OC1C(OCC=O)(O4)C31CO1)C(=O)CCC2. The first-order valence-corrected chi connectivity index (χ1v) is 12.6. The molecule has 1 aliphatic carbocycles. The lowest BCUT2D eigenvalue weighted by Crippen LogP contribution is -2.70. The van der Waals surface area contributed by atoms with Gasteiger partial charge in [0.1, 0.15) is 36.2 Å². The van der Waals surface area contributed by atoms with Gasteiger partial charge < -0.3 is 47.8 Å². The number of benzene rings is 2. The van der Waals surface area contributed by atoms with Gasteiger partial charge in [-0.05, 0) is 31.4 Å². The zero-order valence-electron chi connectivity index (χ0n) is 21.5. The van der Waals surface area contributed by atoms with Gasteiger partial charge in [-0.3, -0.25) is 4.79 Å². The van der Waals surface area contributed by atoms with Gasteiger partial charge in [-0.1, -0.05) is 0 Å². The summed E-state index contributed by atoms with van der Waals surface area (Å²) in [5.41, 5.74) is 1.02. The van der Waals surface area contributed by atoms with Crippen LogP contribution in [0.1, 0.15) is 46.0 Å². The lowest BCUT2D eigenvalue weighted by Gasteiger charge is -2.49. The normalized spacial score (nSPS) is 34.0. The summed E-state index contributed by atoms with van der Waals surface area (Å²) in [5.74, 6) is -2.72. The molecule has 2 aromatic rings. The molecule has 202 valence electrons. The first kappa shape index (κ1) is 24.3. The molecule has 5 atom stereocenters. The number of aryl methyl sites for hydroxylation is 1. The van der Waals surface area contributed by atoms with Gasteiger partial charge in [-0.25, -0.2) is 0 Å². The molecule has 3 saturated heterocycles. The van der Waals surface area contributed by atoms with E-state index in [9.17, 15) is 14.7 Å². The van der Waals surface area contributed by atoms with Gasteiger partial charge in [0.05, 0.1) is 24.7 Å². The van der Waals surface area contributed by atoms with E-state index in [1.807, 2.05) is 13.0 Å². The molecule has 5 aliphatic rings. The van der Waals surface area contributed by atoms with Crippen LogP contribution >= 0.6 is 0 Å². The molecule has 1 spiro atoms. The number of epoxide rings is 1. The summed E-state index contributed by atoms with van der Waals surface area (Å²) in [4.78, 5) is 24.5. The van der Waals surface area contributed by atoms with E-state index in [2.05, 4.69) is 0 Å². The predicted molar refractivity (Wildman–Crippen MR) is 127 cm³/mol. The number of hydrogen-bond donors (Lipinski definition) is 1. The van der Waals surface area contributed by atoms with Crippen molar-refractivity contribution in [3.05, 3.63) is 28.3 Å². The van der Waals surface area contributed by atoms with Crippen molar-refractivity contribution in [1.82, 2.24) is 0 Å². The highest BCUT2D eigenvalue weighted by Gasteiger charge is 2.93. The quantitative estimate of drug-likeness (QED) is 0.322. The third-order valence-corrected chi connectivity index (χ3v) is 8.59. The van der Waals surface area contributed by atoms with Crippen LogP contribution in [0.4, 0.5) is 0 Å². The highest BCUT2D eigenvalue weighted by atomic mass is 16.9. The van der Waals surface area contributed by atoms with E-state index in [1.165, 1.54) is 14.2 Å². The average Bonchev–Trinajstić information content (AvgIpc) is 3.57. The fraction of sp³-hybridized carbons (Fsp3) is 0.556. The van der Waals surface area contributed by atoms with Crippen LogP contribution < -0.4 is 9.47 Å². The Balaban J connectivity index is 1.53. The van der Waals surface area contributed by atoms with Crippen LogP contribution in [0.3, 0.4) is 0 Å². The third kappa shape index (κ3) is 2.55. The summed E-state index contributed by atoms with van der Waals surface area (Å²) in [5, 5.41) is 12.5. The highest BCUT2D eigenvalue weighted by molar-refractivity contribution is 6.11. The van der Waals surface area contributed by atoms with Crippen LogP contribution in [-0.4, -0.2) is 81.3 Å². The van der Waals surface area contributed by atoms with Gasteiger partial charge >= 0.3 is 0 Å². The number of carbonyl (C=O) groups is 2. The van der Waals surface area contributed by atoms with Crippen LogP contribution in [-0.2, 0) is 39.6 Å². The highest BCUT2D eigenvalue weighted by Crippen LogP contribution is 2.72. The Kier molecular flexibility index (Phi) is 5.02. The zero-order chi connectivity index (χ0) is 26.6. The predicted octanol–water partition coefficient (Wildman–Crippen LogP) is 2.24. The van der Waals surface area contributed by atoms with Crippen molar-refractivity contribution >= 4 is 22.8 Å². The molecular formula is C27H28O11. The van der Waals surface area contributed by atoms with Gasteiger partial charge in [-0.2, -0.15) is 0 Å². The number of ether oxygens (including phenoxy) is 8. The summed E-state index contributed by atoms with van der Waals surface area (Å²) < 4.78 is 48.9. The van der Waals surface area contributed by atoms with E-state index in [0.29, 0.717) is 53.2 Å². The van der Waals surface area contributed by atoms with Crippen molar-refractivity contribution in [2.75, 3.05) is 34.5 Å². The van der Waals surface area contributed by atoms with Gasteiger partial charge in [0.15, 0.2) is 11.9 Å². The minimum absolute atomic E-state index is 0.126. The lowest BCUT2D eigenvalue weighted by molar-refractivity contribution is -0.349. The van der Waals surface area contributed by atoms with Crippen LogP contribution in [0, 0.1) is 6.92 Å². The molecule has 2 bridgehead atoms. The molecule has 4 heterocycles. The number of phenols is 1. The Morgan fingerprint density at radius 2 is 1.97 bits per heavy atom. The number of rotatable bonds is 7. The fourth-order valence-electron chi connectivity index (χ4n) is 7.08. The average molecular weight is 529 g/mol.